The van der Waals surface area contributed by atoms with Crippen molar-refractivity contribution in [3.05, 3.63) is 22.5 Å². The third-order valence-electron chi connectivity index (χ3n) is 4.24. The number of rotatable bonds is 5. The van der Waals surface area contributed by atoms with Crippen molar-refractivity contribution in [1.29, 1.82) is 0 Å². The number of amides is 1. The molecule has 6 nitrogen and oxygen atoms in total. The Morgan fingerprint density at radius 1 is 1.32 bits per heavy atom. The Hall–Kier alpha value is -1.66. The molecule has 1 fully saturated rings. The number of hydrogen-bond acceptors (Lipinski definition) is 4. The van der Waals surface area contributed by atoms with Crippen LogP contribution in [0, 0.1) is 13.8 Å². The van der Waals surface area contributed by atoms with Crippen LogP contribution in [0.3, 0.4) is 0 Å². The second-order valence-corrected chi connectivity index (χ2v) is 5.89. The number of ether oxygens (including phenoxy) is 1. The standard InChI is InChI=1S/C16H25N3O3/c1-10(19-5-7-22-8-6-19)9-17-16(21)15-11(2)14(13(4)20)12(3)18-15/h10,18H,5-9H2,1-4H3,(H,17,21)/t10-/m1/s1. The van der Waals surface area contributed by atoms with Crippen molar-refractivity contribution in [1.82, 2.24) is 15.2 Å². The van der Waals surface area contributed by atoms with Gasteiger partial charge in [0.15, 0.2) is 5.78 Å². The summed E-state index contributed by atoms with van der Waals surface area (Å²) in [6, 6.07) is 0.261. The lowest BCUT2D eigenvalue weighted by atomic mass is 10.1. The van der Waals surface area contributed by atoms with E-state index < -0.39 is 0 Å². The maximum atomic E-state index is 12.3. The largest absolute Gasteiger partial charge is 0.379 e. The molecular formula is C16H25N3O3. The van der Waals surface area contributed by atoms with Crippen LogP contribution in [0.5, 0.6) is 0 Å². The SMILES string of the molecule is CC(=O)c1c(C)[nH]c(C(=O)NC[C@@H](C)N2CCOCC2)c1C. The quantitative estimate of drug-likeness (QED) is 0.804. The van der Waals surface area contributed by atoms with Gasteiger partial charge in [-0.25, -0.2) is 0 Å². The number of aromatic nitrogens is 1. The molecular weight excluding hydrogens is 282 g/mol. The molecule has 122 valence electrons. The minimum Gasteiger partial charge on any atom is -0.379 e. The van der Waals surface area contributed by atoms with Crippen molar-refractivity contribution in [2.45, 2.75) is 33.7 Å². The lowest BCUT2D eigenvalue weighted by Crippen LogP contribution is -2.47. The Morgan fingerprint density at radius 3 is 2.50 bits per heavy atom. The number of ketones is 1. The molecule has 0 radical (unpaired) electrons. The number of carbonyl (C=O) groups is 2. The molecule has 0 saturated carbocycles. The van der Waals surface area contributed by atoms with Crippen LogP contribution in [0.25, 0.3) is 0 Å². The van der Waals surface area contributed by atoms with Gasteiger partial charge in [-0.3, -0.25) is 14.5 Å². The highest BCUT2D eigenvalue weighted by atomic mass is 16.5. The van der Waals surface area contributed by atoms with E-state index in [1.54, 1.807) is 6.92 Å². The summed E-state index contributed by atoms with van der Waals surface area (Å²) in [5.41, 5.74) is 2.57. The molecule has 1 aliphatic heterocycles. The van der Waals surface area contributed by atoms with E-state index in [9.17, 15) is 9.59 Å². The predicted molar refractivity (Wildman–Crippen MR) is 84.5 cm³/mol. The van der Waals surface area contributed by atoms with Crippen molar-refractivity contribution in [3.8, 4) is 0 Å². The summed E-state index contributed by atoms with van der Waals surface area (Å²) in [4.78, 5) is 29.3. The van der Waals surface area contributed by atoms with Crippen LogP contribution < -0.4 is 5.32 Å². The molecule has 22 heavy (non-hydrogen) atoms. The lowest BCUT2D eigenvalue weighted by Gasteiger charge is -2.32. The number of carbonyl (C=O) groups excluding carboxylic acids is 2. The molecule has 0 aliphatic carbocycles. The maximum absolute atomic E-state index is 12.3. The topological polar surface area (TPSA) is 74.4 Å². The third kappa shape index (κ3) is 3.56. The number of morpholine rings is 1. The van der Waals surface area contributed by atoms with E-state index >= 15 is 0 Å². The second kappa shape index (κ2) is 7.07. The zero-order chi connectivity index (χ0) is 16.3. The molecule has 2 rings (SSSR count). The molecule has 6 heteroatoms. The number of nitrogens with one attached hydrogen (secondary N) is 2. The Bertz CT molecular complexity index is 559. The summed E-state index contributed by atoms with van der Waals surface area (Å²) in [7, 11) is 0. The first kappa shape index (κ1) is 16.7. The fourth-order valence-corrected chi connectivity index (χ4v) is 2.98. The Balaban J connectivity index is 1.97. The van der Waals surface area contributed by atoms with Crippen molar-refractivity contribution in [2.75, 3.05) is 32.8 Å². The minimum absolute atomic E-state index is 0.0213. The van der Waals surface area contributed by atoms with Crippen LogP contribution in [0.2, 0.25) is 0 Å². The Labute approximate surface area is 131 Å². The number of Topliss-reactive ketones (excluding diaryl/α,β-unsaturated/α-hetero) is 1. The van der Waals surface area contributed by atoms with Gasteiger partial charge in [-0.2, -0.15) is 0 Å². The molecule has 1 atom stereocenters. The molecule has 2 heterocycles. The van der Waals surface area contributed by atoms with Crippen LogP contribution in [-0.2, 0) is 4.74 Å². The first-order valence-electron chi connectivity index (χ1n) is 7.72. The van der Waals surface area contributed by atoms with Gasteiger partial charge in [0.2, 0.25) is 0 Å². The van der Waals surface area contributed by atoms with Crippen LogP contribution >= 0.6 is 0 Å². The number of nitrogens with zero attached hydrogens (tertiary/aromatic N) is 1. The highest BCUT2D eigenvalue weighted by Crippen LogP contribution is 2.18. The smallest absolute Gasteiger partial charge is 0.268 e. The van der Waals surface area contributed by atoms with E-state index in [0.717, 1.165) is 37.6 Å². The monoisotopic (exact) mass is 307 g/mol. The summed E-state index contributed by atoms with van der Waals surface area (Å²) in [5, 5.41) is 2.95. The van der Waals surface area contributed by atoms with E-state index in [1.807, 2.05) is 6.92 Å². The maximum Gasteiger partial charge on any atom is 0.268 e. The molecule has 1 aromatic heterocycles. The van der Waals surface area contributed by atoms with Crippen molar-refractivity contribution < 1.29 is 14.3 Å². The van der Waals surface area contributed by atoms with Gasteiger partial charge in [0.05, 0.1) is 13.2 Å². The lowest BCUT2D eigenvalue weighted by molar-refractivity contribution is 0.0204. The van der Waals surface area contributed by atoms with Crippen molar-refractivity contribution in [2.24, 2.45) is 0 Å². The highest BCUT2D eigenvalue weighted by molar-refractivity contribution is 6.02. The summed E-state index contributed by atoms with van der Waals surface area (Å²) < 4.78 is 5.33. The number of hydrogen-bond donors (Lipinski definition) is 2. The average Bonchev–Trinajstić information content (AvgIpc) is 2.80. The second-order valence-electron chi connectivity index (χ2n) is 5.89. The molecule has 0 spiro atoms. The van der Waals surface area contributed by atoms with E-state index in [-0.39, 0.29) is 17.7 Å². The van der Waals surface area contributed by atoms with Gasteiger partial charge in [0, 0.05) is 36.9 Å². The zero-order valence-corrected chi connectivity index (χ0v) is 13.8. The average molecular weight is 307 g/mol. The molecule has 1 aromatic rings. The van der Waals surface area contributed by atoms with Gasteiger partial charge in [0.1, 0.15) is 5.69 Å². The first-order valence-corrected chi connectivity index (χ1v) is 7.72. The molecule has 1 amide bonds. The molecule has 1 saturated heterocycles. The van der Waals surface area contributed by atoms with E-state index in [1.165, 1.54) is 6.92 Å². The predicted octanol–water partition coefficient (Wildman–Crippen LogP) is 1.28. The van der Waals surface area contributed by atoms with Crippen LogP contribution in [0.1, 0.15) is 46.0 Å². The fourth-order valence-electron chi connectivity index (χ4n) is 2.98. The van der Waals surface area contributed by atoms with Crippen LogP contribution in [-0.4, -0.2) is 60.5 Å². The number of aryl methyl sites for hydroxylation is 1. The molecule has 0 aromatic carbocycles. The van der Waals surface area contributed by atoms with E-state index in [4.69, 9.17) is 4.74 Å². The summed E-state index contributed by atoms with van der Waals surface area (Å²) in [5.74, 6) is -0.180. The molecule has 0 bridgehead atoms. The van der Waals surface area contributed by atoms with E-state index in [2.05, 4.69) is 22.1 Å². The highest BCUT2D eigenvalue weighted by Gasteiger charge is 2.21. The first-order chi connectivity index (χ1) is 10.4. The van der Waals surface area contributed by atoms with Crippen molar-refractivity contribution >= 4 is 11.7 Å². The summed E-state index contributed by atoms with van der Waals surface area (Å²) >= 11 is 0. The van der Waals surface area contributed by atoms with E-state index in [0.29, 0.717) is 17.8 Å². The third-order valence-corrected chi connectivity index (χ3v) is 4.24. The van der Waals surface area contributed by atoms with Crippen LogP contribution in [0.4, 0.5) is 0 Å². The van der Waals surface area contributed by atoms with Gasteiger partial charge in [-0.15, -0.1) is 0 Å². The molecule has 1 aliphatic rings. The summed E-state index contributed by atoms with van der Waals surface area (Å²) in [6.07, 6.45) is 0. The van der Waals surface area contributed by atoms with Crippen molar-refractivity contribution in [3.63, 3.8) is 0 Å². The number of aromatic amines is 1. The minimum atomic E-state index is -0.159. The summed E-state index contributed by atoms with van der Waals surface area (Å²) in [6.45, 7) is 11.1. The Morgan fingerprint density at radius 2 is 1.95 bits per heavy atom. The van der Waals surface area contributed by atoms with Gasteiger partial charge in [-0.1, -0.05) is 0 Å². The molecule has 0 unspecified atom stereocenters. The Kier molecular flexibility index (Phi) is 5.37. The normalized spacial score (nSPS) is 17.3. The van der Waals surface area contributed by atoms with Gasteiger partial charge in [-0.05, 0) is 33.3 Å². The fraction of sp³-hybridized carbons (Fsp3) is 0.625. The number of H-pyrrole nitrogens is 1. The van der Waals surface area contributed by atoms with Gasteiger partial charge in [0.25, 0.3) is 5.91 Å². The van der Waals surface area contributed by atoms with Crippen LogP contribution in [0.15, 0.2) is 0 Å². The van der Waals surface area contributed by atoms with Gasteiger partial charge < -0.3 is 15.0 Å². The van der Waals surface area contributed by atoms with Gasteiger partial charge >= 0.3 is 0 Å². The zero-order valence-electron chi connectivity index (χ0n) is 13.8. The molecule has 2 N–H and O–H groups in total.